The number of carbonyl (C=O) groups excluding carboxylic acids is 1. The van der Waals surface area contributed by atoms with Crippen molar-refractivity contribution in [3.63, 3.8) is 0 Å². The third-order valence-electron chi connectivity index (χ3n) is 6.34. The van der Waals surface area contributed by atoms with Crippen molar-refractivity contribution in [2.24, 2.45) is 5.92 Å². The molecule has 2 aliphatic rings. The van der Waals surface area contributed by atoms with Crippen LogP contribution in [-0.2, 0) is 15.0 Å². The average molecular weight is 424 g/mol. The van der Waals surface area contributed by atoms with Crippen molar-refractivity contribution in [2.45, 2.75) is 57.6 Å². The lowest BCUT2D eigenvalue weighted by Gasteiger charge is -2.42. The molecule has 1 fully saturated rings. The van der Waals surface area contributed by atoms with Crippen LogP contribution in [0.1, 0.15) is 57.6 Å². The fraction of sp³-hybridized carbons (Fsp3) is 0.667. The van der Waals surface area contributed by atoms with Crippen molar-refractivity contribution < 1.29 is 17.9 Å². The minimum absolute atomic E-state index is 0.0773. The number of amides is 1. The molecule has 0 bridgehead atoms. The van der Waals surface area contributed by atoms with Gasteiger partial charge in [-0.15, -0.1) is 0 Å². The number of para-hydroxylation sites is 1. The highest BCUT2D eigenvalue weighted by atomic mass is 32.2. The van der Waals surface area contributed by atoms with Crippen LogP contribution in [-0.4, -0.2) is 55.7 Å². The topological polar surface area (TPSA) is 79.0 Å². The Morgan fingerprint density at radius 2 is 1.97 bits per heavy atom. The summed E-state index contributed by atoms with van der Waals surface area (Å²) in [6, 6.07) is 7.73. The van der Waals surface area contributed by atoms with Crippen LogP contribution in [0.2, 0.25) is 0 Å². The molecule has 0 aromatic heterocycles. The molecule has 1 saturated heterocycles. The summed E-state index contributed by atoms with van der Waals surface area (Å²) < 4.78 is 33.9. The molecule has 2 heterocycles. The second-order valence-corrected chi connectivity index (χ2v) is 10.4. The SMILES string of the molecule is CCC1(CC)C[C@H](NC(=O)[C@H]2CCCN(S(=O)(=O)N(C)C)C2)c2ccccc2O1. The lowest BCUT2D eigenvalue weighted by atomic mass is 9.83. The molecule has 1 aromatic rings. The van der Waals surface area contributed by atoms with Crippen LogP contribution in [0, 0.1) is 5.92 Å². The van der Waals surface area contributed by atoms with Crippen LogP contribution in [0.5, 0.6) is 5.75 Å². The number of rotatable bonds is 6. The molecule has 1 N–H and O–H groups in total. The zero-order valence-electron chi connectivity index (χ0n) is 17.8. The van der Waals surface area contributed by atoms with Crippen LogP contribution in [0.15, 0.2) is 24.3 Å². The van der Waals surface area contributed by atoms with E-state index in [2.05, 4.69) is 19.2 Å². The molecule has 3 rings (SSSR count). The first kappa shape index (κ1) is 22.1. The predicted octanol–water partition coefficient (Wildman–Crippen LogP) is 2.70. The van der Waals surface area contributed by atoms with E-state index in [1.807, 2.05) is 24.3 Å². The first-order valence-corrected chi connectivity index (χ1v) is 11.9. The van der Waals surface area contributed by atoms with Gasteiger partial charge in [0.25, 0.3) is 10.2 Å². The summed E-state index contributed by atoms with van der Waals surface area (Å²) in [4.78, 5) is 13.1. The van der Waals surface area contributed by atoms with Crippen molar-refractivity contribution >= 4 is 16.1 Å². The van der Waals surface area contributed by atoms with E-state index in [0.29, 0.717) is 19.4 Å². The van der Waals surface area contributed by atoms with E-state index in [1.165, 1.54) is 22.7 Å². The summed E-state index contributed by atoms with van der Waals surface area (Å²) in [5.74, 6) is 0.408. The van der Waals surface area contributed by atoms with E-state index in [-0.39, 0.29) is 30.0 Å². The van der Waals surface area contributed by atoms with E-state index in [1.54, 1.807) is 0 Å². The number of benzene rings is 1. The first-order valence-electron chi connectivity index (χ1n) is 10.5. The van der Waals surface area contributed by atoms with Crippen LogP contribution in [0.25, 0.3) is 0 Å². The maximum absolute atomic E-state index is 13.1. The number of nitrogens with one attached hydrogen (secondary N) is 1. The van der Waals surface area contributed by atoms with Gasteiger partial charge in [0, 0.05) is 39.2 Å². The Balaban J connectivity index is 1.77. The fourth-order valence-corrected chi connectivity index (χ4v) is 5.51. The molecule has 0 radical (unpaired) electrons. The van der Waals surface area contributed by atoms with Crippen LogP contribution < -0.4 is 10.1 Å². The molecule has 2 aliphatic heterocycles. The first-order chi connectivity index (χ1) is 13.7. The Hall–Kier alpha value is -1.64. The molecule has 0 unspecified atom stereocenters. The number of carbonyl (C=O) groups is 1. The molecule has 1 amide bonds. The minimum Gasteiger partial charge on any atom is -0.487 e. The van der Waals surface area contributed by atoms with E-state index in [9.17, 15) is 13.2 Å². The van der Waals surface area contributed by atoms with Crippen molar-refractivity contribution in [3.05, 3.63) is 29.8 Å². The number of piperidine rings is 1. The highest BCUT2D eigenvalue weighted by molar-refractivity contribution is 7.86. The van der Waals surface area contributed by atoms with Gasteiger partial charge >= 0.3 is 0 Å². The quantitative estimate of drug-likeness (QED) is 0.763. The van der Waals surface area contributed by atoms with Crippen molar-refractivity contribution in [2.75, 3.05) is 27.2 Å². The van der Waals surface area contributed by atoms with E-state index in [4.69, 9.17) is 4.74 Å². The van der Waals surface area contributed by atoms with Gasteiger partial charge in [0.2, 0.25) is 5.91 Å². The molecule has 1 aromatic carbocycles. The largest absolute Gasteiger partial charge is 0.487 e. The zero-order valence-corrected chi connectivity index (χ0v) is 18.7. The van der Waals surface area contributed by atoms with Gasteiger partial charge in [-0.25, -0.2) is 0 Å². The number of fused-ring (bicyclic) bond motifs is 1. The summed E-state index contributed by atoms with van der Waals surface area (Å²) >= 11 is 0. The van der Waals surface area contributed by atoms with Gasteiger partial charge in [0.1, 0.15) is 11.4 Å². The number of hydrogen-bond acceptors (Lipinski definition) is 4. The molecule has 8 heteroatoms. The van der Waals surface area contributed by atoms with Crippen molar-refractivity contribution in [1.82, 2.24) is 13.9 Å². The van der Waals surface area contributed by atoms with Gasteiger partial charge in [-0.3, -0.25) is 4.79 Å². The van der Waals surface area contributed by atoms with E-state index >= 15 is 0 Å². The molecule has 2 atom stereocenters. The van der Waals surface area contributed by atoms with Gasteiger partial charge in [-0.1, -0.05) is 32.0 Å². The van der Waals surface area contributed by atoms with Gasteiger partial charge in [0.15, 0.2) is 0 Å². The molecule has 0 aliphatic carbocycles. The second-order valence-electron chi connectivity index (χ2n) is 8.28. The van der Waals surface area contributed by atoms with Gasteiger partial charge in [-0.2, -0.15) is 17.0 Å². The number of ether oxygens (including phenoxy) is 1. The van der Waals surface area contributed by atoms with Gasteiger partial charge in [0.05, 0.1) is 12.0 Å². The Labute approximate surface area is 174 Å². The minimum atomic E-state index is -3.51. The molecular formula is C21H33N3O4S. The molecule has 29 heavy (non-hydrogen) atoms. The lowest BCUT2D eigenvalue weighted by molar-refractivity contribution is -0.127. The summed E-state index contributed by atoms with van der Waals surface area (Å²) in [5.41, 5.74) is 0.700. The highest BCUT2D eigenvalue weighted by Gasteiger charge is 2.40. The molecule has 0 saturated carbocycles. The summed E-state index contributed by atoms with van der Waals surface area (Å²) in [6.07, 6.45) is 3.83. The molecule has 162 valence electrons. The Morgan fingerprint density at radius 1 is 1.28 bits per heavy atom. The third-order valence-corrected chi connectivity index (χ3v) is 8.25. The zero-order chi connectivity index (χ0) is 21.2. The third kappa shape index (κ3) is 4.44. The standard InChI is InChI=1S/C21H33N3O4S/c1-5-21(6-2)14-18(17-11-7-8-12-19(17)28-21)22-20(25)16-10-9-13-24(15-16)29(26,27)23(3)4/h7-8,11-12,16,18H,5-6,9-10,13-15H2,1-4H3,(H,22,25)/t16-,18-/m0/s1. The van der Waals surface area contributed by atoms with Crippen molar-refractivity contribution in [3.8, 4) is 5.75 Å². The number of nitrogens with zero attached hydrogens (tertiary/aromatic N) is 2. The maximum Gasteiger partial charge on any atom is 0.281 e. The maximum atomic E-state index is 13.1. The highest BCUT2D eigenvalue weighted by Crippen LogP contribution is 2.42. The average Bonchev–Trinajstić information content (AvgIpc) is 2.73. The predicted molar refractivity (Wildman–Crippen MR) is 113 cm³/mol. The van der Waals surface area contributed by atoms with Crippen LogP contribution >= 0.6 is 0 Å². The summed E-state index contributed by atoms with van der Waals surface area (Å²) in [6.45, 7) is 4.91. The monoisotopic (exact) mass is 423 g/mol. The van der Waals surface area contributed by atoms with Gasteiger partial charge < -0.3 is 10.1 Å². The second kappa shape index (κ2) is 8.62. The van der Waals surface area contributed by atoms with Crippen molar-refractivity contribution in [1.29, 1.82) is 0 Å². The smallest absolute Gasteiger partial charge is 0.281 e. The lowest BCUT2D eigenvalue weighted by Crippen LogP contribution is -2.50. The number of hydrogen-bond donors (Lipinski definition) is 1. The molecular weight excluding hydrogens is 390 g/mol. The van der Waals surface area contributed by atoms with Crippen LogP contribution in [0.4, 0.5) is 0 Å². The van der Waals surface area contributed by atoms with Gasteiger partial charge in [-0.05, 0) is 31.7 Å². The Kier molecular flexibility index (Phi) is 6.55. The van der Waals surface area contributed by atoms with E-state index in [0.717, 1.165) is 30.6 Å². The summed E-state index contributed by atoms with van der Waals surface area (Å²) in [7, 11) is -0.466. The van der Waals surface area contributed by atoms with E-state index < -0.39 is 10.2 Å². The Morgan fingerprint density at radius 3 is 2.62 bits per heavy atom. The fourth-order valence-electron chi connectivity index (χ4n) is 4.32. The Bertz CT molecular complexity index is 836. The summed E-state index contributed by atoms with van der Waals surface area (Å²) in [5, 5.41) is 3.22. The molecule has 0 spiro atoms. The molecule has 7 nitrogen and oxygen atoms in total. The van der Waals surface area contributed by atoms with Crippen LogP contribution in [0.3, 0.4) is 0 Å². The normalized spacial score (nSPS) is 24.6.